The molecular weight excluding hydrogens is 479 g/mol. The average molecular weight is 512 g/mol. The molecule has 190 valence electrons. The van der Waals surface area contributed by atoms with Gasteiger partial charge in [-0.1, -0.05) is 49.0 Å². The van der Waals surface area contributed by atoms with Crippen molar-refractivity contribution in [1.29, 1.82) is 0 Å². The summed E-state index contributed by atoms with van der Waals surface area (Å²) in [5.41, 5.74) is 0.408. The number of amides is 1. The normalized spacial score (nSPS) is 15.0. The molecule has 8 heteroatoms. The van der Waals surface area contributed by atoms with E-state index in [2.05, 4.69) is 40.4 Å². The van der Waals surface area contributed by atoms with E-state index in [-0.39, 0.29) is 11.6 Å². The molecule has 1 aliphatic rings. The van der Waals surface area contributed by atoms with Crippen LogP contribution < -0.4 is 10.5 Å². The van der Waals surface area contributed by atoms with Gasteiger partial charge in [0.2, 0.25) is 0 Å². The first-order valence-corrected chi connectivity index (χ1v) is 15.6. The third kappa shape index (κ3) is 6.42. The van der Waals surface area contributed by atoms with Gasteiger partial charge in [-0.05, 0) is 74.9 Å². The zero-order chi connectivity index (χ0) is 25.8. The molecule has 1 amide bonds. The highest BCUT2D eigenvalue weighted by molar-refractivity contribution is 6.89. The van der Waals surface area contributed by atoms with Crippen molar-refractivity contribution in [3.05, 3.63) is 78.0 Å². The van der Waals surface area contributed by atoms with E-state index in [4.69, 9.17) is 0 Å². The van der Waals surface area contributed by atoms with Gasteiger partial charge in [-0.2, -0.15) is 13.2 Å². The molecule has 0 radical (unpaired) electrons. The van der Waals surface area contributed by atoms with E-state index in [0.29, 0.717) is 16.8 Å². The molecule has 0 atom stereocenters. The molecular formula is C28H32F3N3OSi. The van der Waals surface area contributed by atoms with Gasteiger partial charge >= 0.3 is 6.18 Å². The highest BCUT2D eigenvalue weighted by atomic mass is 28.3. The van der Waals surface area contributed by atoms with Gasteiger partial charge in [0.1, 0.15) is 0 Å². The number of carbonyl (C=O) groups is 1. The first-order valence-electron chi connectivity index (χ1n) is 12.4. The molecule has 0 bridgehead atoms. The fourth-order valence-electron chi connectivity index (χ4n) is 4.62. The summed E-state index contributed by atoms with van der Waals surface area (Å²) in [6.07, 6.45) is 0.773. The molecule has 3 aromatic rings. The molecule has 0 saturated carbocycles. The lowest BCUT2D eigenvalue weighted by Gasteiger charge is -2.30. The molecule has 0 aliphatic carbocycles. The maximum absolute atomic E-state index is 13.3. The summed E-state index contributed by atoms with van der Waals surface area (Å²) < 4.78 is 39.9. The number of alkyl halides is 3. The van der Waals surface area contributed by atoms with E-state index >= 15 is 0 Å². The van der Waals surface area contributed by atoms with Crippen molar-refractivity contribution < 1.29 is 18.0 Å². The Bertz CT molecular complexity index is 1170. The van der Waals surface area contributed by atoms with Gasteiger partial charge in [-0.15, -0.1) is 0 Å². The number of halogens is 3. The molecule has 1 N–H and O–H groups in total. The molecule has 2 heterocycles. The Kier molecular flexibility index (Phi) is 7.95. The third-order valence-electron chi connectivity index (χ3n) is 6.96. The number of likely N-dealkylation sites (tertiary alicyclic amines) is 1. The minimum atomic E-state index is -4.50. The lowest BCUT2D eigenvalue weighted by molar-refractivity contribution is -0.137. The fourth-order valence-corrected chi connectivity index (χ4v) is 6.85. The SMILES string of the molecule is C[Si](C)(CCN1CCCCC1)c1ccc(NC(=O)c2ccc(-c3ncccc3C(F)(F)F)cc2)cc1. The summed E-state index contributed by atoms with van der Waals surface area (Å²) in [6.45, 7) is 8.34. The van der Waals surface area contributed by atoms with Crippen LogP contribution in [0.2, 0.25) is 19.1 Å². The summed E-state index contributed by atoms with van der Waals surface area (Å²) in [7, 11) is -1.59. The van der Waals surface area contributed by atoms with Crippen molar-refractivity contribution in [2.24, 2.45) is 0 Å². The molecule has 36 heavy (non-hydrogen) atoms. The predicted octanol–water partition coefficient (Wildman–Crippen LogP) is 6.42. The number of nitrogens with zero attached hydrogens (tertiary/aromatic N) is 2. The quantitative estimate of drug-likeness (QED) is 0.372. The first kappa shape index (κ1) is 26.1. The van der Waals surface area contributed by atoms with Crippen molar-refractivity contribution in [3.8, 4) is 11.3 Å². The van der Waals surface area contributed by atoms with Crippen molar-refractivity contribution in [2.45, 2.75) is 44.6 Å². The number of rotatable bonds is 7. The van der Waals surface area contributed by atoms with Crippen LogP contribution >= 0.6 is 0 Å². The number of aromatic nitrogens is 1. The highest BCUT2D eigenvalue weighted by Gasteiger charge is 2.34. The van der Waals surface area contributed by atoms with E-state index in [1.807, 2.05) is 12.1 Å². The average Bonchev–Trinajstić information content (AvgIpc) is 2.88. The second-order valence-corrected chi connectivity index (χ2v) is 14.9. The number of piperidine rings is 1. The molecule has 1 aromatic heterocycles. The highest BCUT2D eigenvalue weighted by Crippen LogP contribution is 2.35. The van der Waals surface area contributed by atoms with Gasteiger partial charge in [-0.3, -0.25) is 9.78 Å². The van der Waals surface area contributed by atoms with Crippen LogP contribution in [0.3, 0.4) is 0 Å². The topological polar surface area (TPSA) is 45.2 Å². The molecule has 1 aliphatic heterocycles. The Hall–Kier alpha value is -2.97. The van der Waals surface area contributed by atoms with Crippen LogP contribution in [0.15, 0.2) is 66.9 Å². The number of benzene rings is 2. The molecule has 4 nitrogen and oxygen atoms in total. The smallest absolute Gasteiger partial charge is 0.322 e. The predicted molar refractivity (Wildman–Crippen MR) is 141 cm³/mol. The van der Waals surface area contributed by atoms with E-state index < -0.39 is 19.8 Å². The Balaban J connectivity index is 1.39. The first-order chi connectivity index (χ1) is 17.1. The molecule has 0 spiro atoms. The van der Waals surface area contributed by atoms with Gasteiger partial charge in [0.15, 0.2) is 0 Å². The minimum absolute atomic E-state index is 0.153. The van der Waals surface area contributed by atoms with Crippen LogP contribution in [0.4, 0.5) is 18.9 Å². The lowest BCUT2D eigenvalue weighted by atomic mass is 10.0. The molecule has 1 fully saturated rings. The summed E-state index contributed by atoms with van der Waals surface area (Å²) in [5.74, 6) is -0.312. The van der Waals surface area contributed by atoms with E-state index in [9.17, 15) is 18.0 Å². The van der Waals surface area contributed by atoms with Crippen molar-refractivity contribution in [1.82, 2.24) is 9.88 Å². The fraction of sp³-hybridized carbons (Fsp3) is 0.357. The second kappa shape index (κ2) is 11.0. The number of hydrogen-bond acceptors (Lipinski definition) is 3. The lowest BCUT2D eigenvalue weighted by Crippen LogP contribution is -2.44. The van der Waals surface area contributed by atoms with Crippen LogP contribution in [0, 0.1) is 0 Å². The van der Waals surface area contributed by atoms with Crippen LogP contribution in [0.1, 0.15) is 35.2 Å². The third-order valence-corrected chi connectivity index (χ3v) is 10.3. The zero-order valence-corrected chi connectivity index (χ0v) is 21.7. The summed E-state index contributed by atoms with van der Waals surface area (Å²) in [4.78, 5) is 19.2. The van der Waals surface area contributed by atoms with Crippen LogP contribution in [-0.2, 0) is 6.18 Å². The zero-order valence-electron chi connectivity index (χ0n) is 20.7. The van der Waals surface area contributed by atoms with Crippen LogP contribution in [0.5, 0.6) is 0 Å². The Labute approximate surface area is 211 Å². The minimum Gasteiger partial charge on any atom is -0.322 e. The van der Waals surface area contributed by atoms with Crippen molar-refractivity contribution in [3.63, 3.8) is 0 Å². The van der Waals surface area contributed by atoms with Gasteiger partial charge in [0, 0.05) is 23.0 Å². The van der Waals surface area contributed by atoms with Crippen molar-refractivity contribution >= 4 is 24.9 Å². The van der Waals surface area contributed by atoms with E-state index in [1.54, 1.807) is 0 Å². The number of anilines is 1. The van der Waals surface area contributed by atoms with Gasteiger partial charge in [0.25, 0.3) is 5.91 Å². The number of nitrogens with one attached hydrogen (secondary N) is 1. The van der Waals surface area contributed by atoms with E-state index in [0.717, 1.165) is 12.6 Å². The van der Waals surface area contributed by atoms with Gasteiger partial charge in [0.05, 0.1) is 19.3 Å². The van der Waals surface area contributed by atoms with E-state index in [1.165, 1.54) is 80.1 Å². The summed E-state index contributed by atoms with van der Waals surface area (Å²) in [5, 5.41) is 4.25. The summed E-state index contributed by atoms with van der Waals surface area (Å²) >= 11 is 0. The molecule has 1 saturated heterocycles. The number of pyridine rings is 1. The van der Waals surface area contributed by atoms with Crippen LogP contribution in [0.25, 0.3) is 11.3 Å². The Morgan fingerprint density at radius 2 is 1.64 bits per heavy atom. The Morgan fingerprint density at radius 3 is 2.28 bits per heavy atom. The standard InChI is InChI=1S/C28H32F3N3OSi/c1-36(2,20-19-34-17-4-3-5-18-34)24-14-12-23(13-15-24)33-27(35)22-10-8-21(9-11-22)26-25(28(29,30)31)7-6-16-32-26/h6-16H,3-5,17-20H2,1-2H3,(H,33,35). The Morgan fingerprint density at radius 1 is 0.972 bits per heavy atom. The van der Waals surface area contributed by atoms with Gasteiger partial charge in [-0.25, -0.2) is 0 Å². The molecule has 2 aromatic carbocycles. The maximum Gasteiger partial charge on any atom is 0.418 e. The number of hydrogen-bond donors (Lipinski definition) is 1. The molecule has 0 unspecified atom stereocenters. The second-order valence-electron chi connectivity index (χ2n) is 10.0. The maximum atomic E-state index is 13.3. The number of carbonyl (C=O) groups excluding carboxylic acids is 1. The van der Waals surface area contributed by atoms with Gasteiger partial charge < -0.3 is 10.2 Å². The van der Waals surface area contributed by atoms with Crippen LogP contribution in [-0.4, -0.2) is 43.5 Å². The summed E-state index contributed by atoms with van der Waals surface area (Å²) in [6, 6.07) is 17.6. The monoisotopic (exact) mass is 511 g/mol. The largest absolute Gasteiger partial charge is 0.418 e. The molecule has 4 rings (SSSR count). The van der Waals surface area contributed by atoms with Crippen molar-refractivity contribution in [2.75, 3.05) is 25.0 Å².